The zero-order chi connectivity index (χ0) is 17.3. The summed E-state index contributed by atoms with van der Waals surface area (Å²) in [5, 5.41) is 10.4. The van der Waals surface area contributed by atoms with Crippen LogP contribution in [0.5, 0.6) is 0 Å². The maximum atomic E-state index is 15.1. The number of carbonyl (C=O) groups is 1. The first-order chi connectivity index (χ1) is 11.2. The van der Waals surface area contributed by atoms with Crippen molar-refractivity contribution in [3.63, 3.8) is 0 Å². The third-order valence-corrected chi connectivity index (χ3v) is 8.74. The summed E-state index contributed by atoms with van der Waals surface area (Å²) < 4.78 is 15.1. The fourth-order valence-corrected chi connectivity index (χ4v) is 7.67. The maximum absolute atomic E-state index is 15.1. The molecule has 0 saturated heterocycles. The van der Waals surface area contributed by atoms with Gasteiger partial charge in [-0.2, -0.15) is 0 Å². The van der Waals surface area contributed by atoms with Crippen molar-refractivity contribution in [1.29, 1.82) is 0 Å². The van der Waals surface area contributed by atoms with Gasteiger partial charge < -0.3 is 5.11 Å². The molecular weight excluding hydrogens is 303 g/mol. The first-order valence-corrected chi connectivity index (χ1v) is 10.1. The van der Waals surface area contributed by atoms with E-state index in [0.29, 0.717) is 42.3 Å². The van der Waals surface area contributed by atoms with Gasteiger partial charge in [-0.1, -0.05) is 6.92 Å². The summed E-state index contributed by atoms with van der Waals surface area (Å²) in [7, 11) is 0. The molecule has 0 spiro atoms. The number of carbonyl (C=O) groups excluding carboxylic acids is 1. The average molecular weight is 336 g/mol. The quantitative estimate of drug-likeness (QED) is 0.763. The molecule has 0 bridgehead atoms. The summed E-state index contributed by atoms with van der Waals surface area (Å²) in [5.41, 5.74) is -0.561. The fourth-order valence-electron chi connectivity index (χ4n) is 7.67. The molecule has 24 heavy (non-hydrogen) atoms. The van der Waals surface area contributed by atoms with Gasteiger partial charge in [-0.15, -0.1) is 0 Å². The highest BCUT2D eigenvalue weighted by Crippen LogP contribution is 2.64. The summed E-state index contributed by atoms with van der Waals surface area (Å²) in [6.07, 6.45) is 6.79. The van der Waals surface area contributed by atoms with E-state index in [-0.39, 0.29) is 17.3 Å². The molecule has 2 nitrogen and oxygen atoms in total. The summed E-state index contributed by atoms with van der Waals surface area (Å²) in [5.74, 6) is 2.69. The second-order valence-corrected chi connectivity index (χ2v) is 10.0. The number of rotatable bonds is 1. The first kappa shape index (κ1) is 17.0. The molecule has 1 N–H and O–H groups in total. The molecule has 0 aliphatic heterocycles. The van der Waals surface area contributed by atoms with Gasteiger partial charge in [-0.25, -0.2) is 4.39 Å². The van der Waals surface area contributed by atoms with Gasteiger partial charge in [-0.05, 0) is 100 Å². The van der Waals surface area contributed by atoms with Gasteiger partial charge in [0.2, 0.25) is 0 Å². The fraction of sp³-hybridized carbons (Fsp3) is 0.952. The van der Waals surface area contributed by atoms with Gasteiger partial charge in [0.25, 0.3) is 0 Å². The molecule has 1 unspecified atom stereocenters. The third-order valence-electron chi connectivity index (χ3n) is 8.74. The van der Waals surface area contributed by atoms with Crippen molar-refractivity contribution in [2.75, 3.05) is 0 Å². The van der Waals surface area contributed by atoms with E-state index in [9.17, 15) is 9.90 Å². The molecule has 4 fully saturated rings. The lowest BCUT2D eigenvalue weighted by Gasteiger charge is -2.57. The Morgan fingerprint density at radius 2 is 1.67 bits per heavy atom. The minimum absolute atomic E-state index is 0.0596. The van der Waals surface area contributed by atoms with E-state index in [0.717, 1.165) is 38.5 Å². The highest BCUT2D eigenvalue weighted by Gasteiger charge is 2.60. The summed E-state index contributed by atoms with van der Waals surface area (Å²) in [6.45, 7) is 5.95. The summed E-state index contributed by atoms with van der Waals surface area (Å²) >= 11 is 0. The molecule has 0 amide bonds. The molecule has 0 heterocycles. The van der Waals surface area contributed by atoms with E-state index < -0.39 is 11.8 Å². The highest BCUT2D eigenvalue weighted by atomic mass is 19.1. The van der Waals surface area contributed by atoms with Crippen LogP contribution in [0.4, 0.5) is 4.39 Å². The molecule has 0 aromatic rings. The monoisotopic (exact) mass is 336 g/mol. The molecule has 0 radical (unpaired) electrons. The Morgan fingerprint density at radius 1 is 1.00 bits per heavy atom. The van der Waals surface area contributed by atoms with E-state index >= 15 is 4.39 Å². The predicted octanol–water partition coefficient (Wildman–Crippen LogP) is 4.54. The van der Waals surface area contributed by atoms with E-state index in [1.54, 1.807) is 6.92 Å². The minimum Gasteiger partial charge on any atom is -0.390 e. The van der Waals surface area contributed by atoms with Crippen LogP contribution in [-0.4, -0.2) is 22.7 Å². The number of hydrogen-bond acceptors (Lipinski definition) is 2. The minimum atomic E-state index is -0.762. The van der Waals surface area contributed by atoms with Crippen LogP contribution in [0.15, 0.2) is 0 Å². The predicted molar refractivity (Wildman–Crippen MR) is 92.2 cm³/mol. The first-order valence-electron chi connectivity index (χ1n) is 10.1. The van der Waals surface area contributed by atoms with Crippen molar-refractivity contribution in [1.82, 2.24) is 0 Å². The van der Waals surface area contributed by atoms with Crippen LogP contribution < -0.4 is 0 Å². The Kier molecular flexibility index (Phi) is 3.91. The molecule has 0 aromatic carbocycles. The van der Waals surface area contributed by atoms with Crippen LogP contribution in [0.2, 0.25) is 0 Å². The number of alkyl halides is 1. The number of Topliss-reactive ketones (excluding diaryl/α,β-unsaturated/α-hetero) is 1. The lowest BCUT2D eigenvalue weighted by molar-refractivity contribution is -0.137. The number of fused-ring (bicyclic) bond motifs is 5. The van der Waals surface area contributed by atoms with Gasteiger partial charge in [0, 0.05) is 5.92 Å². The highest BCUT2D eigenvalue weighted by molar-refractivity contribution is 5.79. The van der Waals surface area contributed by atoms with Crippen LogP contribution in [0.25, 0.3) is 0 Å². The Balaban J connectivity index is 1.60. The molecule has 136 valence electrons. The Hall–Kier alpha value is -0.440. The van der Waals surface area contributed by atoms with Crippen LogP contribution in [-0.2, 0) is 4.79 Å². The Bertz CT molecular complexity index is 530. The van der Waals surface area contributed by atoms with Crippen LogP contribution in [0, 0.1) is 40.9 Å². The molecule has 4 aliphatic rings. The molecule has 0 aromatic heterocycles. The van der Waals surface area contributed by atoms with Crippen molar-refractivity contribution in [3.8, 4) is 0 Å². The average Bonchev–Trinajstić information content (AvgIpc) is 2.85. The van der Waals surface area contributed by atoms with Gasteiger partial charge in [0.05, 0.1) is 5.60 Å². The molecule has 4 rings (SSSR count). The van der Waals surface area contributed by atoms with Gasteiger partial charge >= 0.3 is 0 Å². The molecule has 4 saturated carbocycles. The number of halogens is 1. The SMILES string of the molecule is CC(=O)[C@H]1CC[C@H]2[C@@H]3C[C@@H](F)[C@@H]4C[C@](C)(O)CC[C@@H]4C3CC[C@]12C. The molecular formula is C21H33FO2. The second kappa shape index (κ2) is 5.53. The normalized spacial score (nSPS) is 57.0. The summed E-state index contributed by atoms with van der Waals surface area (Å²) in [4.78, 5) is 12.1. The number of ketones is 1. The third kappa shape index (κ3) is 2.40. The van der Waals surface area contributed by atoms with E-state index in [4.69, 9.17) is 0 Å². The van der Waals surface area contributed by atoms with Crippen LogP contribution in [0.1, 0.15) is 72.1 Å². The largest absolute Gasteiger partial charge is 0.390 e. The van der Waals surface area contributed by atoms with Crippen molar-refractivity contribution in [3.05, 3.63) is 0 Å². The zero-order valence-electron chi connectivity index (χ0n) is 15.4. The Morgan fingerprint density at radius 3 is 2.38 bits per heavy atom. The van der Waals surface area contributed by atoms with Gasteiger partial charge in [0.15, 0.2) is 0 Å². The lowest BCUT2D eigenvalue weighted by Crippen LogP contribution is -2.54. The van der Waals surface area contributed by atoms with E-state index in [1.807, 2.05) is 6.92 Å². The summed E-state index contributed by atoms with van der Waals surface area (Å²) in [6, 6.07) is 0. The lowest BCUT2D eigenvalue weighted by atomic mass is 9.48. The number of aliphatic hydroxyl groups is 1. The van der Waals surface area contributed by atoms with E-state index in [2.05, 4.69) is 6.92 Å². The maximum Gasteiger partial charge on any atom is 0.133 e. The van der Waals surface area contributed by atoms with Crippen molar-refractivity contribution in [2.24, 2.45) is 40.9 Å². The van der Waals surface area contributed by atoms with Crippen molar-refractivity contribution in [2.45, 2.75) is 83.9 Å². The standard InChI is InChI=1S/C21H33FO2/c1-12(23)17-4-5-18-15-10-19(22)16-11-20(2,24)8-6-14(16)13(15)7-9-21(17,18)3/h13-19,24H,4-11H2,1-3H3/t13?,14-,15-,16-,17-,18+,19-,20-,21-/m1/s1. The van der Waals surface area contributed by atoms with Crippen LogP contribution in [0.3, 0.4) is 0 Å². The molecule has 9 atom stereocenters. The zero-order valence-corrected chi connectivity index (χ0v) is 15.4. The van der Waals surface area contributed by atoms with Crippen molar-refractivity contribution >= 4 is 5.78 Å². The second-order valence-electron chi connectivity index (χ2n) is 10.0. The smallest absolute Gasteiger partial charge is 0.133 e. The van der Waals surface area contributed by atoms with Crippen LogP contribution >= 0.6 is 0 Å². The van der Waals surface area contributed by atoms with E-state index in [1.165, 1.54) is 0 Å². The van der Waals surface area contributed by atoms with Crippen molar-refractivity contribution < 1.29 is 14.3 Å². The Labute approximate surface area is 145 Å². The molecule has 3 heteroatoms. The molecule has 4 aliphatic carbocycles. The van der Waals surface area contributed by atoms with Gasteiger partial charge in [0.1, 0.15) is 12.0 Å². The van der Waals surface area contributed by atoms with Gasteiger partial charge in [-0.3, -0.25) is 4.79 Å². The topological polar surface area (TPSA) is 37.3 Å². The number of hydrogen-bond donors (Lipinski definition) is 1.